The highest BCUT2D eigenvalue weighted by atomic mass is 15.3. The van der Waals surface area contributed by atoms with E-state index in [9.17, 15) is 0 Å². The largest absolute Gasteiger partial charge is 0.376 e. The normalized spacial score (nSPS) is 18.8. The Labute approximate surface area is 307 Å². The Bertz CT molecular complexity index is 2830. The van der Waals surface area contributed by atoms with Crippen molar-refractivity contribution in [2.45, 2.75) is 18.0 Å². The van der Waals surface area contributed by atoms with Crippen molar-refractivity contribution in [1.29, 1.82) is 0 Å². The van der Waals surface area contributed by atoms with Gasteiger partial charge < -0.3 is 19.4 Å². The molecule has 53 heavy (non-hydrogen) atoms. The molecular formula is C48H35N5. The number of aliphatic imine (C=N–C) groups is 1. The minimum absolute atomic E-state index is 0.0107. The standard InChI is InChI=1S/C48H35N5/c1-3-15-32(16-4-1)40-30-50-46(31-49-40)53-43-25-13-9-21-38(43)47-37-20-8-12-24-42(37)52(48(47)39-22-10-14-26-44(39)53)34-27-28-36-35-19-7-11-23-41(35)51(45(36)29-34)33-17-5-2-6-18-33/h1-31,39-40,44,49H. The molecule has 3 aliphatic rings. The zero-order valence-electron chi connectivity index (χ0n) is 28.9. The first-order chi connectivity index (χ1) is 26.3. The summed E-state index contributed by atoms with van der Waals surface area (Å²) in [6.45, 7) is 0. The van der Waals surface area contributed by atoms with Crippen LogP contribution in [-0.2, 0) is 0 Å². The first-order valence-electron chi connectivity index (χ1n) is 18.3. The van der Waals surface area contributed by atoms with Crippen LogP contribution >= 0.6 is 0 Å². The molecule has 3 atom stereocenters. The van der Waals surface area contributed by atoms with E-state index in [1.54, 1.807) is 0 Å². The van der Waals surface area contributed by atoms with Gasteiger partial charge in [-0.15, -0.1) is 0 Å². The van der Waals surface area contributed by atoms with E-state index in [0.29, 0.717) is 0 Å². The lowest BCUT2D eigenvalue weighted by Gasteiger charge is -2.37. The predicted molar refractivity (Wildman–Crippen MR) is 219 cm³/mol. The van der Waals surface area contributed by atoms with Gasteiger partial charge in [-0.3, -0.25) is 0 Å². The Balaban J connectivity index is 1.15. The van der Waals surface area contributed by atoms with Crippen molar-refractivity contribution in [2.24, 2.45) is 4.99 Å². The number of aromatic nitrogens is 2. The zero-order chi connectivity index (χ0) is 34.9. The van der Waals surface area contributed by atoms with E-state index in [1.807, 2.05) is 6.21 Å². The van der Waals surface area contributed by atoms with Crippen LogP contribution in [0.15, 0.2) is 193 Å². The number of rotatable bonds is 4. The third-order valence-corrected chi connectivity index (χ3v) is 11.1. The molecule has 0 bridgehead atoms. The first kappa shape index (κ1) is 29.8. The SMILES string of the molecule is C1=CC2c3c(c4ccccc4n3-c3ccc4c5ccccc5n(-c5ccccc5)c4c3)-c3ccccc3N(C3=CNC(c4ccccc4)C=N3)C2C=C1. The Morgan fingerprint density at radius 1 is 0.547 bits per heavy atom. The maximum absolute atomic E-state index is 5.16. The van der Waals surface area contributed by atoms with E-state index in [2.05, 4.69) is 202 Å². The van der Waals surface area contributed by atoms with E-state index < -0.39 is 0 Å². The summed E-state index contributed by atoms with van der Waals surface area (Å²) in [4.78, 5) is 7.59. The Kier molecular flexibility index (Phi) is 6.68. The van der Waals surface area contributed by atoms with Gasteiger partial charge >= 0.3 is 0 Å². The summed E-state index contributed by atoms with van der Waals surface area (Å²) in [5.74, 6) is 0.933. The molecule has 2 aliphatic heterocycles. The number of nitrogens with one attached hydrogen (secondary N) is 1. The molecule has 3 unspecified atom stereocenters. The Morgan fingerprint density at radius 3 is 2.04 bits per heavy atom. The molecule has 0 spiro atoms. The highest BCUT2D eigenvalue weighted by molar-refractivity contribution is 6.10. The monoisotopic (exact) mass is 681 g/mol. The fourth-order valence-electron chi connectivity index (χ4n) is 8.89. The van der Waals surface area contributed by atoms with Gasteiger partial charge in [0.05, 0.1) is 34.3 Å². The maximum Gasteiger partial charge on any atom is 0.149 e. The fraction of sp³-hybridized carbons (Fsp3) is 0.0625. The smallest absolute Gasteiger partial charge is 0.149 e. The van der Waals surface area contributed by atoms with Gasteiger partial charge in [-0.05, 0) is 48.0 Å². The van der Waals surface area contributed by atoms with Crippen LogP contribution in [0.1, 0.15) is 23.2 Å². The van der Waals surface area contributed by atoms with Gasteiger partial charge in [0.2, 0.25) is 0 Å². The summed E-state index contributed by atoms with van der Waals surface area (Å²) in [7, 11) is 0. The van der Waals surface area contributed by atoms with Gasteiger partial charge in [-0.1, -0.05) is 133 Å². The third kappa shape index (κ3) is 4.54. The number of fused-ring (bicyclic) bond motifs is 10. The molecule has 6 aromatic carbocycles. The number of nitrogens with zero attached hydrogens (tertiary/aromatic N) is 4. The lowest BCUT2D eigenvalue weighted by Crippen LogP contribution is -2.39. The first-order valence-corrected chi connectivity index (χ1v) is 18.3. The van der Waals surface area contributed by atoms with E-state index in [0.717, 1.165) is 22.9 Å². The number of benzene rings is 6. The second-order valence-electron chi connectivity index (χ2n) is 14.0. The molecule has 0 radical (unpaired) electrons. The van der Waals surface area contributed by atoms with Crippen molar-refractivity contribution in [3.63, 3.8) is 0 Å². The summed E-state index contributed by atoms with van der Waals surface area (Å²) in [6.07, 6.45) is 13.3. The van der Waals surface area contributed by atoms with Crippen LogP contribution in [0.2, 0.25) is 0 Å². The van der Waals surface area contributed by atoms with Gasteiger partial charge in [0, 0.05) is 62.7 Å². The van der Waals surface area contributed by atoms with Crippen LogP contribution in [0.4, 0.5) is 5.69 Å². The summed E-state index contributed by atoms with van der Waals surface area (Å²) < 4.78 is 4.94. The van der Waals surface area contributed by atoms with Gasteiger partial charge in [0.15, 0.2) is 0 Å². The summed E-state index contributed by atoms with van der Waals surface area (Å²) in [6, 6.07) is 54.7. The lowest BCUT2D eigenvalue weighted by molar-refractivity contribution is 0.641. The summed E-state index contributed by atoms with van der Waals surface area (Å²) in [5.41, 5.74) is 12.0. The van der Waals surface area contributed by atoms with Crippen LogP contribution < -0.4 is 10.2 Å². The van der Waals surface area contributed by atoms with Crippen LogP contribution in [0.5, 0.6) is 0 Å². The topological polar surface area (TPSA) is 37.5 Å². The van der Waals surface area contributed by atoms with Gasteiger partial charge in [-0.25, -0.2) is 4.99 Å². The molecule has 0 fully saturated rings. The van der Waals surface area contributed by atoms with E-state index in [-0.39, 0.29) is 18.0 Å². The second kappa shape index (κ2) is 11.9. The summed E-state index contributed by atoms with van der Waals surface area (Å²) in [5, 5.41) is 7.39. The lowest BCUT2D eigenvalue weighted by atomic mass is 9.88. The molecule has 0 saturated heterocycles. The van der Waals surface area contributed by atoms with E-state index in [1.165, 1.54) is 55.1 Å². The number of allylic oxidation sites excluding steroid dienone is 2. The number of para-hydroxylation sites is 4. The van der Waals surface area contributed by atoms with Gasteiger partial charge in [0.1, 0.15) is 5.82 Å². The van der Waals surface area contributed by atoms with Crippen molar-refractivity contribution in [2.75, 3.05) is 4.90 Å². The number of anilines is 1. The highest BCUT2D eigenvalue weighted by Gasteiger charge is 2.39. The molecule has 0 saturated carbocycles. The maximum atomic E-state index is 5.16. The summed E-state index contributed by atoms with van der Waals surface area (Å²) >= 11 is 0. The Hall–Kier alpha value is -6.85. The van der Waals surface area contributed by atoms with Crippen LogP contribution in [-0.4, -0.2) is 21.4 Å². The molecule has 1 aliphatic carbocycles. The molecule has 4 heterocycles. The van der Waals surface area contributed by atoms with Crippen LogP contribution in [0.3, 0.4) is 0 Å². The molecule has 8 aromatic rings. The second-order valence-corrected chi connectivity index (χ2v) is 14.0. The average Bonchev–Trinajstić information content (AvgIpc) is 3.71. The van der Waals surface area contributed by atoms with E-state index in [4.69, 9.17) is 4.99 Å². The minimum atomic E-state index is -0.0107. The van der Waals surface area contributed by atoms with Crippen molar-refractivity contribution < 1.29 is 0 Å². The molecule has 11 rings (SSSR count). The van der Waals surface area contributed by atoms with Gasteiger partial charge in [0.25, 0.3) is 0 Å². The van der Waals surface area contributed by atoms with Crippen molar-refractivity contribution in [3.05, 3.63) is 199 Å². The van der Waals surface area contributed by atoms with Crippen molar-refractivity contribution >= 4 is 44.6 Å². The predicted octanol–water partition coefficient (Wildman–Crippen LogP) is 11.0. The van der Waals surface area contributed by atoms with Crippen molar-refractivity contribution in [1.82, 2.24) is 14.5 Å². The molecule has 252 valence electrons. The Morgan fingerprint density at radius 2 is 1.23 bits per heavy atom. The highest BCUT2D eigenvalue weighted by Crippen LogP contribution is 2.51. The number of hydrogen-bond acceptors (Lipinski definition) is 3. The van der Waals surface area contributed by atoms with Gasteiger partial charge in [-0.2, -0.15) is 0 Å². The fourth-order valence-corrected chi connectivity index (χ4v) is 8.89. The van der Waals surface area contributed by atoms with Crippen LogP contribution in [0, 0.1) is 0 Å². The number of hydrogen-bond donors (Lipinski definition) is 1. The third-order valence-electron chi connectivity index (χ3n) is 11.1. The minimum Gasteiger partial charge on any atom is -0.376 e. The zero-order valence-corrected chi connectivity index (χ0v) is 28.9. The van der Waals surface area contributed by atoms with Crippen molar-refractivity contribution in [3.8, 4) is 22.5 Å². The molecule has 0 amide bonds. The van der Waals surface area contributed by atoms with E-state index >= 15 is 0 Å². The molecule has 2 aromatic heterocycles. The van der Waals surface area contributed by atoms with Crippen LogP contribution in [0.25, 0.3) is 55.2 Å². The average molecular weight is 682 g/mol. The molecule has 5 heteroatoms. The molecule has 5 nitrogen and oxygen atoms in total. The molecular weight excluding hydrogens is 647 g/mol. The molecule has 1 N–H and O–H groups in total. The quantitative estimate of drug-likeness (QED) is 0.201.